The number of nitrogens with zero attached hydrogens (tertiary/aromatic N) is 3. The van der Waals surface area contributed by atoms with Crippen molar-refractivity contribution in [2.24, 2.45) is 0 Å². The van der Waals surface area contributed by atoms with Crippen molar-refractivity contribution >= 4 is 23.1 Å². The van der Waals surface area contributed by atoms with Gasteiger partial charge in [0.1, 0.15) is 18.7 Å². The van der Waals surface area contributed by atoms with Crippen LogP contribution in [0.1, 0.15) is 68.0 Å². The highest BCUT2D eigenvalue weighted by molar-refractivity contribution is 6.83. The molecule has 0 amide bonds. The van der Waals surface area contributed by atoms with Crippen LogP contribution in [0, 0.1) is 0 Å². The Bertz CT molecular complexity index is 816. The van der Waals surface area contributed by atoms with Gasteiger partial charge in [-0.15, -0.1) is 0 Å². The standard InChI is InChI=1S/C20H38N4O5Si2/c1-12(2)30(13(3)4)26-10-17-16(28-31(29-30,14(5)6)15(7)8)9-18(27-17)24-11-22-19(21)23-20(24)25/h11-18H,9-10H2,1-8H3,(H2,21,23,25)/t16-,17+,18+/m0/s1. The fourth-order valence-electron chi connectivity index (χ4n) is 4.86. The molecule has 9 nitrogen and oxygen atoms in total. The first kappa shape index (κ1) is 24.5. The summed E-state index contributed by atoms with van der Waals surface area (Å²) in [5, 5.41) is 0. The molecular formula is C20H38N4O5Si2. The third-order valence-electron chi connectivity index (χ3n) is 6.58. The van der Waals surface area contributed by atoms with Gasteiger partial charge in [0, 0.05) is 6.42 Å². The molecule has 0 bridgehead atoms. The van der Waals surface area contributed by atoms with Gasteiger partial charge in [0.2, 0.25) is 5.95 Å². The van der Waals surface area contributed by atoms with Crippen LogP contribution in [0.15, 0.2) is 11.1 Å². The molecule has 31 heavy (non-hydrogen) atoms. The normalized spacial score (nSPS) is 28.2. The molecule has 0 radical (unpaired) electrons. The Hall–Kier alpha value is -1.12. The van der Waals surface area contributed by atoms with Gasteiger partial charge in [0.25, 0.3) is 0 Å². The molecule has 1 aromatic rings. The van der Waals surface area contributed by atoms with Crippen LogP contribution in [0.4, 0.5) is 5.95 Å². The first-order chi connectivity index (χ1) is 14.4. The average molecular weight is 471 g/mol. The summed E-state index contributed by atoms with van der Waals surface area (Å²) < 4.78 is 28.5. The van der Waals surface area contributed by atoms with Gasteiger partial charge in [-0.2, -0.15) is 4.98 Å². The zero-order chi connectivity index (χ0) is 23.1. The number of nitrogens with two attached hydrogens (primary N) is 1. The fraction of sp³-hybridized carbons (Fsp3) is 0.850. The molecule has 0 aromatic carbocycles. The third-order valence-corrected chi connectivity index (χ3v) is 16.9. The van der Waals surface area contributed by atoms with Crippen LogP contribution in [-0.2, 0) is 17.7 Å². The molecule has 1 aromatic heterocycles. The van der Waals surface area contributed by atoms with E-state index in [1.165, 1.54) is 10.9 Å². The minimum absolute atomic E-state index is 0.0473. The minimum atomic E-state index is -2.70. The van der Waals surface area contributed by atoms with Crippen LogP contribution < -0.4 is 11.4 Å². The van der Waals surface area contributed by atoms with Crippen molar-refractivity contribution in [1.82, 2.24) is 14.5 Å². The maximum atomic E-state index is 12.4. The second-order valence-corrected chi connectivity index (χ2v) is 18.7. The molecule has 0 saturated carbocycles. The molecule has 11 heteroatoms. The van der Waals surface area contributed by atoms with E-state index in [1.807, 2.05) is 0 Å². The lowest BCUT2D eigenvalue weighted by molar-refractivity contribution is -0.0568. The first-order valence-corrected chi connectivity index (χ1v) is 15.2. The van der Waals surface area contributed by atoms with Crippen LogP contribution in [0.25, 0.3) is 0 Å². The Morgan fingerprint density at radius 1 is 1.00 bits per heavy atom. The number of aromatic nitrogens is 3. The lowest BCUT2D eigenvalue weighted by Gasteiger charge is -2.51. The van der Waals surface area contributed by atoms with Gasteiger partial charge in [0.15, 0.2) is 0 Å². The monoisotopic (exact) mass is 470 g/mol. The van der Waals surface area contributed by atoms with Gasteiger partial charge in [-0.1, -0.05) is 55.4 Å². The van der Waals surface area contributed by atoms with E-state index in [4.69, 9.17) is 23.4 Å². The highest BCUT2D eigenvalue weighted by Crippen LogP contribution is 2.48. The van der Waals surface area contributed by atoms with Crippen molar-refractivity contribution in [3.8, 4) is 0 Å². The molecule has 2 fully saturated rings. The summed E-state index contributed by atoms with van der Waals surface area (Å²) in [6.45, 7) is 17.9. The summed E-state index contributed by atoms with van der Waals surface area (Å²) in [4.78, 5) is 20.1. The van der Waals surface area contributed by atoms with Gasteiger partial charge in [0.05, 0.1) is 12.7 Å². The Balaban J connectivity index is 2.01. The van der Waals surface area contributed by atoms with Crippen molar-refractivity contribution < 1.29 is 17.7 Å². The highest BCUT2D eigenvalue weighted by atomic mass is 28.5. The van der Waals surface area contributed by atoms with E-state index in [0.717, 1.165) is 0 Å². The van der Waals surface area contributed by atoms with Crippen molar-refractivity contribution in [2.45, 2.75) is 102 Å². The molecule has 0 aliphatic carbocycles. The van der Waals surface area contributed by atoms with E-state index in [-0.39, 0.29) is 40.3 Å². The van der Waals surface area contributed by atoms with Crippen LogP contribution >= 0.6 is 0 Å². The van der Waals surface area contributed by atoms with Gasteiger partial charge < -0.3 is 23.4 Å². The molecule has 3 rings (SSSR count). The molecule has 176 valence electrons. The van der Waals surface area contributed by atoms with Crippen molar-refractivity contribution in [1.29, 1.82) is 0 Å². The largest absolute Gasteiger partial charge is 0.414 e. The molecule has 2 saturated heterocycles. The first-order valence-electron chi connectivity index (χ1n) is 11.3. The fourth-order valence-corrected chi connectivity index (χ4v) is 16.1. The highest BCUT2D eigenvalue weighted by Gasteiger charge is 2.60. The number of nitrogen functional groups attached to an aromatic ring is 1. The summed E-state index contributed by atoms with van der Waals surface area (Å²) in [6, 6.07) is 0. The second kappa shape index (κ2) is 9.02. The second-order valence-electron chi connectivity index (χ2n) is 9.90. The van der Waals surface area contributed by atoms with Gasteiger partial charge >= 0.3 is 22.8 Å². The quantitative estimate of drug-likeness (QED) is 0.651. The summed E-state index contributed by atoms with van der Waals surface area (Å²) in [7, 11) is -5.32. The molecule has 2 aliphatic rings. The molecule has 3 atom stereocenters. The van der Waals surface area contributed by atoms with E-state index < -0.39 is 29.0 Å². The predicted octanol–water partition coefficient (Wildman–Crippen LogP) is 3.46. The summed E-state index contributed by atoms with van der Waals surface area (Å²) in [5.41, 5.74) is 6.07. The van der Waals surface area contributed by atoms with Crippen LogP contribution in [0.2, 0.25) is 22.2 Å². The van der Waals surface area contributed by atoms with Gasteiger partial charge in [-0.25, -0.2) is 9.78 Å². The SMILES string of the molecule is CC(C)[Si]1(C(C)C)OC[C@H]2O[C@@H](n3cnc(N)nc3=O)C[C@@H]2O[Si](C(C)C)(C(C)C)O1. The van der Waals surface area contributed by atoms with E-state index in [9.17, 15) is 4.79 Å². The molecule has 0 unspecified atom stereocenters. The molecule has 0 spiro atoms. The summed E-state index contributed by atoms with van der Waals surface area (Å²) in [6.07, 6.45) is 0.869. The van der Waals surface area contributed by atoms with E-state index in [2.05, 4.69) is 65.4 Å². The number of fused-ring (bicyclic) bond motifs is 1. The predicted molar refractivity (Wildman–Crippen MR) is 123 cm³/mol. The maximum Gasteiger partial charge on any atom is 0.354 e. The lowest BCUT2D eigenvalue weighted by atomic mass is 10.2. The Kier molecular flexibility index (Phi) is 7.14. The van der Waals surface area contributed by atoms with E-state index in [0.29, 0.717) is 13.0 Å². The smallest absolute Gasteiger partial charge is 0.354 e. The molecular weight excluding hydrogens is 432 g/mol. The average Bonchev–Trinajstić information content (AvgIpc) is 3.02. The van der Waals surface area contributed by atoms with Crippen LogP contribution in [0.5, 0.6) is 0 Å². The zero-order valence-corrected chi connectivity index (χ0v) is 22.0. The van der Waals surface area contributed by atoms with Crippen molar-refractivity contribution in [2.75, 3.05) is 12.3 Å². The third kappa shape index (κ3) is 4.40. The number of hydrogen-bond acceptors (Lipinski definition) is 8. The maximum absolute atomic E-state index is 12.4. The summed E-state index contributed by atoms with van der Waals surface area (Å²) >= 11 is 0. The van der Waals surface area contributed by atoms with Gasteiger partial charge in [-0.05, 0) is 22.2 Å². The molecule has 2 aliphatic heterocycles. The number of anilines is 1. The number of hydrogen-bond donors (Lipinski definition) is 1. The van der Waals surface area contributed by atoms with Crippen LogP contribution in [-0.4, -0.2) is 50.5 Å². The Morgan fingerprint density at radius 3 is 2.10 bits per heavy atom. The number of rotatable bonds is 5. The van der Waals surface area contributed by atoms with E-state index >= 15 is 0 Å². The topological polar surface area (TPSA) is 111 Å². The zero-order valence-electron chi connectivity index (χ0n) is 20.0. The van der Waals surface area contributed by atoms with E-state index in [1.54, 1.807) is 0 Å². The number of ether oxygens (including phenoxy) is 1. The van der Waals surface area contributed by atoms with Crippen LogP contribution in [0.3, 0.4) is 0 Å². The van der Waals surface area contributed by atoms with Crippen molar-refractivity contribution in [3.05, 3.63) is 16.8 Å². The summed E-state index contributed by atoms with van der Waals surface area (Å²) in [5.74, 6) is -0.0473. The minimum Gasteiger partial charge on any atom is -0.414 e. The van der Waals surface area contributed by atoms with Crippen molar-refractivity contribution in [3.63, 3.8) is 0 Å². The lowest BCUT2D eigenvalue weighted by Crippen LogP contribution is -2.65. The molecule has 3 heterocycles. The Labute approximate surface area is 187 Å². The Morgan fingerprint density at radius 2 is 1.58 bits per heavy atom. The molecule has 2 N–H and O–H groups in total. The van der Waals surface area contributed by atoms with Gasteiger partial charge in [-0.3, -0.25) is 4.57 Å².